The molecule has 1 fully saturated rings. The number of hydrogen-bond acceptors (Lipinski definition) is 3. The van der Waals surface area contributed by atoms with E-state index in [1.165, 1.54) is 31.0 Å². The van der Waals surface area contributed by atoms with E-state index in [1.54, 1.807) is 18.2 Å². The van der Waals surface area contributed by atoms with Gasteiger partial charge < -0.3 is 9.64 Å². The Morgan fingerprint density at radius 3 is 2.35 bits per heavy atom. The van der Waals surface area contributed by atoms with Crippen molar-refractivity contribution in [2.75, 3.05) is 13.1 Å². The second-order valence-electron chi connectivity index (χ2n) is 5.39. The standard InChI is InChI=1S/C18H16FNO2S/c19-16-6-2-1-5-15(16)18(21)22-14-9-7-13(8-10-14)17(23)20-11-3-4-12-20/h1-2,5-10H,3-4,11-12H2. The third-order valence-corrected chi connectivity index (χ3v) is 4.29. The number of esters is 1. The molecule has 0 spiro atoms. The largest absolute Gasteiger partial charge is 0.423 e. The number of nitrogens with zero attached hydrogens (tertiary/aromatic N) is 1. The van der Waals surface area contributed by atoms with E-state index in [4.69, 9.17) is 17.0 Å². The van der Waals surface area contributed by atoms with Gasteiger partial charge in [-0.25, -0.2) is 9.18 Å². The van der Waals surface area contributed by atoms with Crippen molar-refractivity contribution in [3.8, 4) is 5.75 Å². The van der Waals surface area contributed by atoms with Gasteiger partial charge in [-0.05, 0) is 49.2 Å². The summed E-state index contributed by atoms with van der Waals surface area (Å²) >= 11 is 5.47. The van der Waals surface area contributed by atoms with Gasteiger partial charge in [0.25, 0.3) is 0 Å². The van der Waals surface area contributed by atoms with Crippen molar-refractivity contribution >= 4 is 23.2 Å². The zero-order valence-electron chi connectivity index (χ0n) is 12.5. The number of hydrogen-bond donors (Lipinski definition) is 0. The van der Waals surface area contributed by atoms with Gasteiger partial charge in [-0.3, -0.25) is 0 Å². The number of thiocarbonyl (C=S) groups is 1. The molecular formula is C18H16FNO2S. The molecule has 0 bridgehead atoms. The molecule has 2 aromatic carbocycles. The predicted molar refractivity (Wildman–Crippen MR) is 90.3 cm³/mol. The van der Waals surface area contributed by atoms with Crippen molar-refractivity contribution < 1.29 is 13.9 Å². The third-order valence-electron chi connectivity index (χ3n) is 3.80. The zero-order chi connectivity index (χ0) is 16.2. The Bertz CT molecular complexity index is 724. The molecule has 1 heterocycles. The first-order chi connectivity index (χ1) is 11.1. The molecule has 0 N–H and O–H groups in total. The van der Waals surface area contributed by atoms with Crippen LogP contribution in [0.3, 0.4) is 0 Å². The van der Waals surface area contributed by atoms with Crippen molar-refractivity contribution in [3.63, 3.8) is 0 Å². The fourth-order valence-corrected chi connectivity index (χ4v) is 2.88. The van der Waals surface area contributed by atoms with Crippen LogP contribution in [0.1, 0.15) is 28.8 Å². The zero-order valence-corrected chi connectivity index (χ0v) is 13.3. The van der Waals surface area contributed by atoms with Crippen LogP contribution >= 0.6 is 12.2 Å². The number of rotatable bonds is 3. The lowest BCUT2D eigenvalue weighted by atomic mass is 10.2. The molecule has 0 saturated carbocycles. The maximum Gasteiger partial charge on any atom is 0.346 e. The molecule has 1 saturated heterocycles. The van der Waals surface area contributed by atoms with E-state index < -0.39 is 11.8 Å². The Morgan fingerprint density at radius 1 is 1.04 bits per heavy atom. The highest BCUT2D eigenvalue weighted by molar-refractivity contribution is 7.80. The average Bonchev–Trinajstić information content (AvgIpc) is 3.09. The monoisotopic (exact) mass is 329 g/mol. The van der Waals surface area contributed by atoms with Crippen LogP contribution in [0.4, 0.5) is 4.39 Å². The van der Waals surface area contributed by atoms with E-state index in [2.05, 4.69) is 4.90 Å². The molecule has 3 nitrogen and oxygen atoms in total. The number of ether oxygens (including phenoxy) is 1. The van der Waals surface area contributed by atoms with Gasteiger partial charge in [-0.1, -0.05) is 24.4 Å². The lowest BCUT2D eigenvalue weighted by Gasteiger charge is -2.18. The minimum Gasteiger partial charge on any atom is -0.423 e. The summed E-state index contributed by atoms with van der Waals surface area (Å²) < 4.78 is 18.8. The van der Waals surface area contributed by atoms with Crippen LogP contribution in [0.5, 0.6) is 5.75 Å². The highest BCUT2D eigenvalue weighted by Crippen LogP contribution is 2.19. The van der Waals surface area contributed by atoms with Crippen LogP contribution in [-0.2, 0) is 0 Å². The Morgan fingerprint density at radius 2 is 1.70 bits per heavy atom. The molecule has 0 amide bonds. The van der Waals surface area contributed by atoms with E-state index in [0.717, 1.165) is 23.6 Å². The summed E-state index contributed by atoms with van der Waals surface area (Å²) in [6.07, 6.45) is 2.33. The molecule has 1 aliphatic rings. The quantitative estimate of drug-likeness (QED) is 0.486. The Balaban J connectivity index is 1.69. The molecular weight excluding hydrogens is 313 g/mol. The SMILES string of the molecule is O=C(Oc1ccc(C(=S)N2CCCC2)cc1)c1ccccc1F. The molecule has 5 heteroatoms. The van der Waals surface area contributed by atoms with Gasteiger partial charge in [0.1, 0.15) is 16.6 Å². The molecule has 0 aromatic heterocycles. The van der Waals surface area contributed by atoms with Gasteiger partial charge >= 0.3 is 5.97 Å². The van der Waals surface area contributed by atoms with Crippen LogP contribution in [0.15, 0.2) is 48.5 Å². The van der Waals surface area contributed by atoms with E-state index >= 15 is 0 Å². The van der Waals surface area contributed by atoms with Crippen LogP contribution in [-0.4, -0.2) is 28.9 Å². The molecule has 3 rings (SSSR count). The second kappa shape index (κ2) is 6.87. The van der Waals surface area contributed by atoms with Crippen molar-refractivity contribution in [1.29, 1.82) is 0 Å². The molecule has 0 atom stereocenters. The van der Waals surface area contributed by atoms with Crippen LogP contribution in [0.25, 0.3) is 0 Å². The first-order valence-electron chi connectivity index (χ1n) is 7.51. The Hall–Kier alpha value is -2.27. The lowest BCUT2D eigenvalue weighted by molar-refractivity contribution is 0.0730. The summed E-state index contributed by atoms with van der Waals surface area (Å²) in [4.78, 5) is 15.0. The highest BCUT2D eigenvalue weighted by atomic mass is 32.1. The first kappa shape index (κ1) is 15.6. The van der Waals surface area contributed by atoms with Crippen molar-refractivity contribution in [3.05, 3.63) is 65.5 Å². The van der Waals surface area contributed by atoms with E-state index in [-0.39, 0.29) is 5.56 Å². The normalized spacial score (nSPS) is 13.9. The molecule has 23 heavy (non-hydrogen) atoms. The molecule has 118 valence electrons. The fraction of sp³-hybridized carbons (Fsp3) is 0.222. The van der Waals surface area contributed by atoms with Gasteiger partial charge in [-0.15, -0.1) is 0 Å². The summed E-state index contributed by atoms with van der Waals surface area (Å²) in [5.74, 6) is -0.937. The predicted octanol–water partition coefficient (Wildman–Crippen LogP) is 3.82. The number of carbonyl (C=O) groups excluding carboxylic acids is 1. The van der Waals surface area contributed by atoms with Crippen LogP contribution < -0.4 is 4.74 Å². The number of carbonyl (C=O) groups is 1. The molecule has 0 unspecified atom stereocenters. The van der Waals surface area contributed by atoms with E-state index in [1.807, 2.05) is 12.1 Å². The minimum absolute atomic E-state index is 0.0795. The van der Waals surface area contributed by atoms with Gasteiger partial charge in [0.05, 0.1) is 5.56 Å². The Kier molecular flexibility index (Phi) is 4.67. The van der Waals surface area contributed by atoms with Gasteiger partial charge in [-0.2, -0.15) is 0 Å². The topological polar surface area (TPSA) is 29.5 Å². The maximum atomic E-state index is 13.6. The summed E-state index contributed by atoms with van der Waals surface area (Å²) in [7, 11) is 0. The van der Waals surface area contributed by atoms with Crippen molar-refractivity contribution in [2.45, 2.75) is 12.8 Å². The van der Waals surface area contributed by atoms with E-state index in [9.17, 15) is 9.18 Å². The summed E-state index contributed by atoms with van der Waals surface area (Å²) in [5.41, 5.74) is 0.844. The number of halogens is 1. The van der Waals surface area contributed by atoms with Crippen molar-refractivity contribution in [2.24, 2.45) is 0 Å². The molecule has 2 aromatic rings. The highest BCUT2D eigenvalue weighted by Gasteiger charge is 2.17. The van der Waals surface area contributed by atoms with Crippen LogP contribution in [0.2, 0.25) is 0 Å². The lowest BCUT2D eigenvalue weighted by Crippen LogP contribution is -2.26. The van der Waals surface area contributed by atoms with Crippen LogP contribution in [0, 0.1) is 5.82 Å². The smallest absolute Gasteiger partial charge is 0.346 e. The molecule has 0 aliphatic carbocycles. The number of benzene rings is 2. The fourth-order valence-electron chi connectivity index (χ4n) is 2.56. The van der Waals surface area contributed by atoms with E-state index in [0.29, 0.717) is 5.75 Å². The third kappa shape index (κ3) is 3.56. The number of likely N-dealkylation sites (tertiary alicyclic amines) is 1. The second-order valence-corrected chi connectivity index (χ2v) is 5.78. The summed E-state index contributed by atoms with van der Waals surface area (Å²) in [6.45, 7) is 1.98. The summed E-state index contributed by atoms with van der Waals surface area (Å²) in [5, 5.41) is 0. The van der Waals surface area contributed by atoms with Crippen molar-refractivity contribution in [1.82, 2.24) is 4.90 Å². The first-order valence-corrected chi connectivity index (χ1v) is 7.92. The van der Waals surface area contributed by atoms with Gasteiger partial charge in [0.15, 0.2) is 0 Å². The molecule has 1 aliphatic heterocycles. The average molecular weight is 329 g/mol. The minimum atomic E-state index is -0.710. The maximum absolute atomic E-state index is 13.6. The Labute approximate surface area is 139 Å². The summed E-state index contributed by atoms with van der Waals surface area (Å²) in [6, 6.07) is 12.8. The van der Waals surface area contributed by atoms with Gasteiger partial charge in [0, 0.05) is 18.7 Å². The van der Waals surface area contributed by atoms with Gasteiger partial charge in [0.2, 0.25) is 0 Å². The molecule has 0 radical (unpaired) electrons.